The van der Waals surface area contributed by atoms with Crippen LogP contribution in [0.3, 0.4) is 0 Å². The van der Waals surface area contributed by atoms with Crippen molar-refractivity contribution in [2.45, 2.75) is 31.9 Å². The van der Waals surface area contributed by atoms with Crippen LogP contribution < -0.4 is 10.6 Å². The van der Waals surface area contributed by atoms with E-state index in [1.807, 2.05) is 31.3 Å². The summed E-state index contributed by atoms with van der Waals surface area (Å²) < 4.78 is 0. The third-order valence-corrected chi connectivity index (χ3v) is 5.33. The number of anilines is 1. The fourth-order valence-corrected chi connectivity index (χ4v) is 3.63. The van der Waals surface area contributed by atoms with Gasteiger partial charge in [-0.15, -0.1) is 0 Å². The monoisotopic (exact) mass is 365 g/mol. The minimum atomic E-state index is -0.760. The zero-order valence-electron chi connectivity index (χ0n) is 15.3. The highest BCUT2D eigenvalue weighted by Gasteiger charge is 2.32. The number of carbonyl (C=O) groups is 1. The number of aromatic nitrogens is 3. The second-order valence-corrected chi connectivity index (χ2v) is 7.20. The molecular formula is C20H23N5O2. The first-order chi connectivity index (χ1) is 13.0. The van der Waals surface area contributed by atoms with E-state index >= 15 is 0 Å². The van der Waals surface area contributed by atoms with Crippen molar-refractivity contribution < 1.29 is 9.90 Å². The van der Waals surface area contributed by atoms with Crippen LogP contribution >= 0.6 is 0 Å². The lowest BCUT2D eigenvalue weighted by Gasteiger charge is -2.37. The van der Waals surface area contributed by atoms with Gasteiger partial charge in [0.1, 0.15) is 12.0 Å². The van der Waals surface area contributed by atoms with Gasteiger partial charge in [0, 0.05) is 35.8 Å². The summed E-state index contributed by atoms with van der Waals surface area (Å²) in [7, 11) is 0. The van der Waals surface area contributed by atoms with Crippen LogP contribution in [0.5, 0.6) is 0 Å². The first-order valence-electron chi connectivity index (χ1n) is 9.09. The molecule has 140 valence electrons. The minimum Gasteiger partial charge on any atom is -0.390 e. The van der Waals surface area contributed by atoms with Gasteiger partial charge >= 0.3 is 0 Å². The molecule has 0 saturated carbocycles. The van der Waals surface area contributed by atoms with Crippen LogP contribution in [0.2, 0.25) is 0 Å². The Balaban J connectivity index is 1.69. The van der Waals surface area contributed by atoms with E-state index in [0.717, 1.165) is 34.1 Å². The predicted molar refractivity (Wildman–Crippen MR) is 104 cm³/mol. The smallest absolute Gasteiger partial charge is 0.153 e. The third kappa shape index (κ3) is 3.20. The molecule has 0 unspecified atom stereocenters. The van der Waals surface area contributed by atoms with Gasteiger partial charge in [-0.25, -0.2) is 9.97 Å². The number of piperidine rings is 1. The Morgan fingerprint density at radius 3 is 2.78 bits per heavy atom. The molecule has 27 heavy (non-hydrogen) atoms. The molecule has 0 atom stereocenters. The number of aliphatic hydroxyl groups excluding tert-OH is 1. The van der Waals surface area contributed by atoms with Crippen molar-refractivity contribution in [2.24, 2.45) is 5.73 Å². The number of aldehydes is 1. The van der Waals surface area contributed by atoms with Crippen LogP contribution in [0.15, 0.2) is 30.5 Å². The molecule has 1 aliphatic rings. The summed E-state index contributed by atoms with van der Waals surface area (Å²) in [6, 6.07) is 8.10. The molecule has 0 spiro atoms. The molecular weight excluding hydrogens is 342 g/mol. The molecule has 1 aromatic carbocycles. The lowest BCUT2D eigenvalue weighted by Crippen LogP contribution is -2.52. The Bertz CT molecular complexity index is 989. The molecule has 1 fully saturated rings. The van der Waals surface area contributed by atoms with Gasteiger partial charge in [-0.2, -0.15) is 0 Å². The van der Waals surface area contributed by atoms with Crippen LogP contribution in [0.4, 0.5) is 5.82 Å². The summed E-state index contributed by atoms with van der Waals surface area (Å²) in [6.07, 6.45) is 3.87. The van der Waals surface area contributed by atoms with Gasteiger partial charge in [0.05, 0.1) is 23.5 Å². The van der Waals surface area contributed by atoms with Gasteiger partial charge in [-0.05, 0) is 38.0 Å². The number of aliphatic hydroxyl groups is 1. The Morgan fingerprint density at radius 2 is 2.07 bits per heavy atom. The molecule has 0 radical (unpaired) electrons. The normalized spacial score (nSPS) is 16.6. The van der Waals surface area contributed by atoms with Gasteiger partial charge in [-0.3, -0.25) is 0 Å². The lowest BCUT2D eigenvalue weighted by atomic mass is 9.90. The summed E-state index contributed by atoms with van der Waals surface area (Å²) in [5.41, 5.74) is 9.44. The first kappa shape index (κ1) is 17.6. The molecule has 3 heterocycles. The van der Waals surface area contributed by atoms with Crippen molar-refractivity contribution in [3.05, 3.63) is 41.9 Å². The van der Waals surface area contributed by atoms with Crippen molar-refractivity contribution in [2.75, 3.05) is 18.0 Å². The number of nitrogens with zero attached hydrogens (tertiary/aromatic N) is 3. The maximum atomic E-state index is 11.2. The third-order valence-electron chi connectivity index (χ3n) is 5.33. The number of nitrogens with two attached hydrogens (primary N) is 1. The van der Waals surface area contributed by atoms with Crippen molar-refractivity contribution in [1.29, 1.82) is 0 Å². The summed E-state index contributed by atoms with van der Waals surface area (Å²) in [6.45, 7) is 2.97. The number of rotatable bonds is 4. The quantitative estimate of drug-likeness (QED) is 0.610. The fraction of sp³-hybridized carbons (Fsp3) is 0.350. The van der Waals surface area contributed by atoms with E-state index in [-0.39, 0.29) is 6.61 Å². The summed E-state index contributed by atoms with van der Waals surface area (Å²) in [5, 5.41) is 11.0. The summed E-state index contributed by atoms with van der Waals surface area (Å²) >= 11 is 0. The topological polar surface area (TPSA) is 108 Å². The number of H-pyrrole nitrogens is 1. The maximum absolute atomic E-state index is 11.2. The molecule has 7 heteroatoms. The van der Waals surface area contributed by atoms with E-state index in [4.69, 9.17) is 15.7 Å². The van der Waals surface area contributed by atoms with Crippen LogP contribution in [0, 0.1) is 6.92 Å². The number of carbonyl (C=O) groups excluding carboxylic acids is 1. The van der Waals surface area contributed by atoms with E-state index < -0.39 is 5.54 Å². The number of nitrogens with one attached hydrogen (secondary N) is 1. The molecule has 3 aromatic rings. The zero-order chi connectivity index (χ0) is 19.0. The molecule has 1 aliphatic heterocycles. The average Bonchev–Trinajstić information content (AvgIpc) is 3.16. The standard InChI is InChI=1S/C20H23N5O2/c1-13-18(15-2-3-16-14(10-15)4-7-22-16)24-17(11-26)19(23-13)25-8-5-20(21,12-27)6-9-25/h2-4,7,10,12,22,26H,5-6,8-9,11,21H2,1H3. The Labute approximate surface area is 157 Å². The molecule has 0 amide bonds. The average molecular weight is 365 g/mol. The highest BCUT2D eigenvalue weighted by atomic mass is 16.3. The Hall–Kier alpha value is -2.77. The van der Waals surface area contributed by atoms with Crippen molar-refractivity contribution in [3.8, 4) is 11.3 Å². The highest BCUT2D eigenvalue weighted by Crippen LogP contribution is 2.30. The van der Waals surface area contributed by atoms with Gasteiger partial charge in [0.15, 0.2) is 5.82 Å². The van der Waals surface area contributed by atoms with Gasteiger partial charge in [0.2, 0.25) is 0 Å². The minimum absolute atomic E-state index is 0.194. The first-order valence-corrected chi connectivity index (χ1v) is 9.09. The SMILES string of the molecule is Cc1nc(N2CCC(N)(C=O)CC2)c(CO)nc1-c1ccc2[nH]ccc2c1. The molecule has 0 aliphatic carbocycles. The molecule has 1 saturated heterocycles. The van der Waals surface area contributed by atoms with E-state index in [1.54, 1.807) is 0 Å². The largest absolute Gasteiger partial charge is 0.390 e. The van der Waals surface area contributed by atoms with Gasteiger partial charge in [0.25, 0.3) is 0 Å². The predicted octanol–water partition coefficient (Wildman–Crippen LogP) is 1.92. The van der Waals surface area contributed by atoms with Crippen molar-refractivity contribution in [1.82, 2.24) is 15.0 Å². The van der Waals surface area contributed by atoms with Crippen LogP contribution in [-0.4, -0.2) is 45.0 Å². The van der Waals surface area contributed by atoms with Crippen molar-refractivity contribution in [3.63, 3.8) is 0 Å². The summed E-state index contributed by atoms with van der Waals surface area (Å²) in [5.74, 6) is 0.675. The number of aromatic amines is 1. The number of hydrogen-bond donors (Lipinski definition) is 3. The molecule has 4 rings (SSSR count). The number of hydrogen-bond acceptors (Lipinski definition) is 6. The zero-order valence-corrected chi connectivity index (χ0v) is 15.3. The van der Waals surface area contributed by atoms with E-state index in [9.17, 15) is 9.90 Å². The maximum Gasteiger partial charge on any atom is 0.153 e. The highest BCUT2D eigenvalue weighted by molar-refractivity contribution is 5.84. The van der Waals surface area contributed by atoms with E-state index in [2.05, 4.69) is 16.0 Å². The lowest BCUT2D eigenvalue weighted by molar-refractivity contribution is -0.112. The molecule has 0 bridgehead atoms. The second kappa shape index (κ2) is 6.75. The van der Waals surface area contributed by atoms with E-state index in [1.165, 1.54) is 0 Å². The molecule has 2 aromatic heterocycles. The fourth-order valence-electron chi connectivity index (χ4n) is 3.63. The molecule has 7 nitrogen and oxygen atoms in total. The number of aryl methyl sites for hydroxylation is 1. The second-order valence-electron chi connectivity index (χ2n) is 7.20. The van der Waals surface area contributed by atoms with Gasteiger partial charge in [-0.1, -0.05) is 6.07 Å². The van der Waals surface area contributed by atoms with Crippen LogP contribution in [-0.2, 0) is 11.4 Å². The van der Waals surface area contributed by atoms with Crippen LogP contribution in [0.25, 0.3) is 22.2 Å². The number of fused-ring (bicyclic) bond motifs is 1. The number of benzene rings is 1. The Kier molecular flexibility index (Phi) is 4.41. The Morgan fingerprint density at radius 1 is 1.30 bits per heavy atom. The van der Waals surface area contributed by atoms with Crippen LogP contribution in [0.1, 0.15) is 24.2 Å². The molecule has 4 N–H and O–H groups in total. The summed E-state index contributed by atoms with van der Waals surface area (Å²) in [4.78, 5) is 25.9. The van der Waals surface area contributed by atoms with E-state index in [0.29, 0.717) is 37.4 Å². The van der Waals surface area contributed by atoms with Gasteiger partial charge < -0.3 is 25.5 Å². The van der Waals surface area contributed by atoms with Crippen molar-refractivity contribution >= 4 is 23.0 Å².